The average molecular weight is 427 g/mol. The zero-order chi connectivity index (χ0) is 21.8. The number of anilines is 1. The molecule has 5 nitrogen and oxygen atoms in total. The molecule has 0 heterocycles. The van der Waals surface area contributed by atoms with Gasteiger partial charge in [0.15, 0.2) is 0 Å². The maximum absolute atomic E-state index is 12.5. The first-order valence-electron chi connectivity index (χ1n) is 10.2. The predicted octanol–water partition coefficient (Wildman–Crippen LogP) is 6.33. The lowest BCUT2D eigenvalue weighted by Gasteiger charge is -2.10. The van der Waals surface area contributed by atoms with Crippen molar-refractivity contribution in [3.8, 4) is 17.6 Å². The highest BCUT2D eigenvalue weighted by Gasteiger charge is 2.12. The molecule has 0 aliphatic carbocycles. The second-order valence-electron chi connectivity index (χ2n) is 6.97. The molecule has 2 rings (SSSR count). The van der Waals surface area contributed by atoms with Gasteiger partial charge in [0.05, 0.1) is 6.61 Å². The van der Waals surface area contributed by atoms with E-state index in [4.69, 9.17) is 16.3 Å². The number of rotatable bonds is 11. The molecule has 0 bridgehead atoms. The van der Waals surface area contributed by atoms with E-state index in [1.54, 1.807) is 30.3 Å². The number of unbranched alkanes of at least 4 members (excludes halogenated alkanes) is 5. The van der Waals surface area contributed by atoms with Gasteiger partial charge in [-0.25, -0.2) is 0 Å². The van der Waals surface area contributed by atoms with Crippen LogP contribution in [0.5, 0.6) is 11.5 Å². The molecular weight excluding hydrogens is 400 g/mol. The Morgan fingerprint density at radius 2 is 1.83 bits per heavy atom. The molecule has 30 heavy (non-hydrogen) atoms. The molecule has 0 unspecified atom stereocenters. The van der Waals surface area contributed by atoms with Gasteiger partial charge in [0.25, 0.3) is 5.91 Å². The van der Waals surface area contributed by atoms with Gasteiger partial charge in [-0.15, -0.1) is 0 Å². The minimum Gasteiger partial charge on any atom is -0.508 e. The second kappa shape index (κ2) is 12.6. The van der Waals surface area contributed by atoms with Crippen LogP contribution in [0.3, 0.4) is 0 Å². The normalized spacial score (nSPS) is 11.0. The number of amides is 1. The van der Waals surface area contributed by atoms with Gasteiger partial charge in [-0.05, 0) is 55.0 Å². The molecule has 0 aromatic heterocycles. The molecule has 6 heteroatoms. The number of nitrogens with one attached hydrogen (secondary N) is 1. The number of nitriles is 1. The number of hydrogen-bond donors (Lipinski definition) is 2. The van der Waals surface area contributed by atoms with Gasteiger partial charge in [0, 0.05) is 16.3 Å². The predicted molar refractivity (Wildman–Crippen MR) is 121 cm³/mol. The quantitative estimate of drug-likeness (QED) is 0.190. The minimum absolute atomic E-state index is 0.0743. The van der Waals surface area contributed by atoms with Gasteiger partial charge in [-0.2, -0.15) is 5.26 Å². The smallest absolute Gasteiger partial charge is 0.266 e. The average Bonchev–Trinajstić information content (AvgIpc) is 2.74. The molecule has 0 saturated heterocycles. The van der Waals surface area contributed by atoms with Crippen LogP contribution in [0.15, 0.2) is 48.0 Å². The topological polar surface area (TPSA) is 82.3 Å². The highest BCUT2D eigenvalue weighted by atomic mass is 35.5. The van der Waals surface area contributed by atoms with Crippen LogP contribution in [0.1, 0.15) is 51.0 Å². The SMILES string of the molecule is CCCCCCCCOc1ccc(Cl)cc1/C=C(\C#N)C(=O)Nc1ccc(O)cc1. The molecule has 158 valence electrons. The van der Waals surface area contributed by atoms with Crippen molar-refractivity contribution in [1.29, 1.82) is 5.26 Å². The Labute approximate surface area is 182 Å². The van der Waals surface area contributed by atoms with Crippen molar-refractivity contribution in [2.75, 3.05) is 11.9 Å². The lowest BCUT2D eigenvalue weighted by molar-refractivity contribution is -0.112. The van der Waals surface area contributed by atoms with Crippen LogP contribution in [0, 0.1) is 11.3 Å². The van der Waals surface area contributed by atoms with Gasteiger partial charge in [0.2, 0.25) is 0 Å². The Morgan fingerprint density at radius 1 is 1.13 bits per heavy atom. The molecule has 0 spiro atoms. The zero-order valence-electron chi connectivity index (χ0n) is 17.2. The van der Waals surface area contributed by atoms with Crippen LogP contribution in [0.25, 0.3) is 6.08 Å². The molecule has 0 aliphatic heterocycles. The fourth-order valence-corrected chi connectivity index (χ4v) is 3.06. The summed E-state index contributed by atoms with van der Waals surface area (Å²) < 4.78 is 5.88. The number of phenols is 1. The van der Waals surface area contributed by atoms with Crippen molar-refractivity contribution in [1.82, 2.24) is 0 Å². The maximum atomic E-state index is 12.5. The Kier molecular flexibility index (Phi) is 9.76. The molecule has 2 aromatic carbocycles. The lowest BCUT2D eigenvalue weighted by atomic mass is 10.1. The van der Waals surface area contributed by atoms with Crippen LogP contribution in [0.4, 0.5) is 5.69 Å². The van der Waals surface area contributed by atoms with E-state index >= 15 is 0 Å². The molecule has 0 aliphatic rings. The summed E-state index contributed by atoms with van der Waals surface area (Å²) in [6, 6.07) is 13.1. The summed E-state index contributed by atoms with van der Waals surface area (Å²) in [5.74, 6) is 0.123. The first kappa shape index (κ1) is 23.3. The Balaban J connectivity index is 2.05. The summed E-state index contributed by atoms with van der Waals surface area (Å²) in [5.41, 5.74) is 0.977. The van der Waals surface area contributed by atoms with Crippen LogP contribution < -0.4 is 10.1 Å². The van der Waals surface area contributed by atoms with Gasteiger partial charge >= 0.3 is 0 Å². The highest BCUT2D eigenvalue weighted by molar-refractivity contribution is 6.30. The fourth-order valence-electron chi connectivity index (χ4n) is 2.88. The van der Waals surface area contributed by atoms with Crippen molar-refractivity contribution in [2.45, 2.75) is 45.4 Å². The Bertz CT molecular complexity index is 902. The largest absolute Gasteiger partial charge is 0.508 e. The van der Waals surface area contributed by atoms with E-state index in [2.05, 4.69) is 12.2 Å². The zero-order valence-corrected chi connectivity index (χ0v) is 17.9. The third-order valence-electron chi connectivity index (χ3n) is 4.52. The molecule has 2 aromatic rings. The number of carbonyl (C=O) groups excluding carboxylic acids is 1. The number of carbonyl (C=O) groups is 1. The van der Waals surface area contributed by atoms with Crippen LogP contribution in [0.2, 0.25) is 5.02 Å². The summed E-state index contributed by atoms with van der Waals surface area (Å²) in [7, 11) is 0. The van der Waals surface area contributed by atoms with E-state index in [9.17, 15) is 15.2 Å². The van der Waals surface area contributed by atoms with Crippen LogP contribution in [-0.2, 0) is 4.79 Å². The number of halogens is 1. The first-order valence-corrected chi connectivity index (χ1v) is 10.6. The molecular formula is C24H27ClN2O3. The summed E-state index contributed by atoms with van der Waals surface area (Å²) in [4.78, 5) is 12.5. The minimum atomic E-state index is -0.551. The monoisotopic (exact) mass is 426 g/mol. The standard InChI is InChI=1S/C24H27ClN2O3/c1-2-3-4-5-6-7-14-30-23-13-8-20(25)16-18(23)15-19(17-26)24(29)27-21-9-11-22(28)12-10-21/h8-13,15-16,28H,2-7,14H2,1H3,(H,27,29)/b19-15+. The van der Waals surface area contributed by atoms with E-state index in [1.807, 2.05) is 6.07 Å². The first-order chi connectivity index (χ1) is 14.5. The van der Waals surface area contributed by atoms with E-state index < -0.39 is 5.91 Å². The number of phenolic OH excluding ortho intramolecular Hbond substituents is 1. The number of aromatic hydroxyl groups is 1. The summed E-state index contributed by atoms with van der Waals surface area (Å²) in [6.45, 7) is 2.76. The molecule has 0 fully saturated rings. The maximum Gasteiger partial charge on any atom is 0.266 e. The molecule has 2 N–H and O–H groups in total. The van der Waals surface area contributed by atoms with E-state index in [0.29, 0.717) is 28.6 Å². The van der Waals surface area contributed by atoms with E-state index in [1.165, 1.54) is 43.9 Å². The van der Waals surface area contributed by atoms with E-state index in [-0.39, 0.29) is 11.3 Å². The van der Waals surface area contributed by atoms with Crippen molar-refractivity contribution in [2.24, 2.45) is 0 Å². The van der Waals surface area contributed by atoms with Gasteiger partial charge < -0.3 is 15.2 Å². The van der Waals surface area contributed by atoms with Gasteiger partial charge in [-0.3, -0.25) is 4.79 Å². The summed E-state index contributed by atoms with van der Waals surface area (Å²) in [6.07, 6.45) is 8.44. The van der Waals surface area contributed by atoms with Crippen LogP contribution >= 0.6 is 11.6 Å². The Morgan fingerprint density at radius 3 is 2.53 bits per heavy atom. The second-order valence-corrected chi connectivity index (χ2v) is 7.41. The summed E-state index contributed by atoms with van der Waals surface area (Å²) in [5, 5.41) is 21.9. The highest BCUT2D eigenvalue weighted by Crippen LogP contribution is 2.26. The fraction of sp³-hybridized carbons (Fsp3) is 0.333. The number of ether oxygens (including phenoxy) is 1. The lowest BCUT2D eigenvalue weighted by Crippen LogP contribution is -2.13. The van der Waals surface area contributed by atoms with Crippen molar-refractivity contribution >= 4 is 29.3 Å². The van der Waals surface area contributed by atoms with Crippen molar-refractivity contribution < 1.29 is 14.6 Å². The number of hydrogen-bond acceptors (Lipinski definition) is 4. The molecule has 0 saturated carbocycles. The number of nitrogens with zero attached hydrogens (tertiary/aromatic N) is 1. The number of benzene rings is 2. The van der Waals surface area contributed by atoms with Gasteiger partial charge in [-0.1, -0.05) is 50.6 Å². The van der Waals surface area contributed by atoms with Crippen molar-refractivity contribution in [3.63, 3.8) is 0 Å². The van der Waals surface area contributed by atoms with Gasteiger partial charge in [0.1, 0.15) is 23.1 Å². The molecule has 0 atom stereocenters. The molecule has 1 amide bonds. The summed E-state index contributed by atoms with van der Waals surface area (Å²) >= 11 is 6.11. The third kappa shape index (κ3) is 7.81. The van der Waals surface area contributed by atoms with E-state index in [0.717, 1.165) is 12.8 Å². The van der Waals surface area contributed by atoms with Crippen LogP contribution in [-0.4, -0.2) is 17.6 Å². The van der Waals surface area contributed by atoms with Crippen molar-refractivity contribution in [3.05, 3.63) is 58.6 Å². The third-order valence-corrected chi connectivity index (χ3v) is 4.75. The molecule has 0 radical (unpaired) electrons. The Hall–Kier alpha value is -2.97.